The number of rotatable bonds is 5. The summed E-state index contributed by atoms with van der Waals surface area (Å²) in [5.74, 6) is -1.62. The van der Waals surface area contributed by atoms with E-state index in [1.807, 2.05) is 0 Å². The van der Waals surface area contributed by atoms with Crippen LogP contribution in [0.15, 0.2) is 40.8 Å². The normalized spacial score (nSPS) is 17.0. The van der Waals surface area contributed by atoms with Gasteiger partial charge in [0.15, 0.2) is 5.76 Å². The van der Waals surface area contributed by atoms with Crippen molar-refractivity contribution in [2.24, 2.45) is 0 Å². The summed E-state index contributed by atoms with van der Waals surface area (Å²) in [6.45, 7) is 1.17. The molecule has 7 heteroatoms. The summed E-state index contributed by atoms with van der Waals surface area (Å²) in [5.41, 5.74) is 0.484. The van der Waals surface area contributed by atoms with Crippen LogP contribution in [-0.2, 0) is 4.74 Å². The molecule has 2 N–H and O–H groups in total. The van der Waals surface area contributed by atoms with Crippen molar-refractivity contribution in [2.45, 2.75) is 12.5 Å². The number of hydrogen-bond acceptors (Lipinski definition) is 5. The van der Waals surface area contributed by atoms with Crippen molar-refractivity contribution in [2.75, 3.05) is 18.5 Å². The van der Waals surface area contributed by atoms with Gasteiger partial charge in [0.05, 0.1) is 18.9 Å². The zero-order chi connectivity index (χ0) is 16.2. The third-order valence-electron chi connectivity index (χ3n) is 3.36. The minimum atomic E-state index is -1.23. The first-order valence-corrected chi connectivity index (χ1v) is 7.11. The van der Waals surface area contributed by atoms with E-state index in [9.17, 15) is 9.59 Å². The van der Waals surface area contributed by atoms with E-state index >= 15 is 0 Å². The van der Waals surface area contributed by atoms with Crippen LogP contribution >= 0.6 is 0 Å². The van der Waals surface area contributed by atoms with E-state index in [0.29, 0.717) is 24.7 Å². The molecule has 2 aromatic rings. The van der Waals surface area contributed by atoms with Gasteiger partial charge >= 0.3 is 5.97 Å². The van der Waals surface area contributed by atoms with Gasteiger partial charge in [-0.2, -0.15) is 0 Å². The summed E-state index contributed by atoms with van der Waals surface area (Å²) in [6.07, 6.45) is 0.748. The highest BCUT2D eigenvalue weighted by Crippen LogP contribution is 2.27. The van der Waals surface area contributed by atoms with E-state index in [4.69, 9.17) is 19.0 Å². The number of carboxylic acids is 1. The van der Waals surface area contributed by atoms with Crippen molar-refractivity contribution < 1.29 is 28.6 Å². The fourth-order valence-corrected chi connectivity index (χ4v) is 2.22. The molecule has 1 aliphatic heterocycles. The van der Waals surface area contributed by atoms with E-state index in [1.54, 1.807) is 24.3 Å². The highest BCUT2D eigenvalue weighted by atomic mass is 16.5. The van der Waals surface area contributed by atoms with E-state index < -0.39 is 11.9 Å². The third-order valence-corrected chi connectivity index (χ3v) is 3.36. The van der Waals surface area contributed by atoms with Crippen LogP contribution in [0.2, 0.25) is 0 Å². The zero-order valence-electron chi connectivity index (χ0n) is 12.2. The molecule has 1 atom stereocenters. The lowest BCUT2D eigenvalue weighted by atomic mass is 10.2. The molecule has 2 heterocycles. The average molecular weight is 317 g/mol. The first-order chi connectivity index (χ1) is 11.1. The van der Waals surface area contributed by atoms with E-state index in [1.165, 1.54) is 12.1 Å². The second-order valence-electron chi connectivity index (χ2n) is 5.02. The van der Waals surface area contributed by atoms with Crippen molar-refractivity contribution in [3.8, 4) is 5.75 Å². The number of nitrogens with one attached hydrogen (secondary N) is 1. The minimum absolute atomic E-state index is 0.0460. The molecule has 7 nitrogen and oxygen atoms in total. The topological polar surface area (TPSA) is 98.0 Å². The van der Waals surface area contributed by atoms with Gasteiger partial charge in [0.1, 0.15) is 11.9 Å². The Morgan fingerprint density at radius 1 is 1.17 bits per heavy atom. The Bertz CT molecular complexity index is 717. The largest absolute Gasteiger partial charge is 0.486 e. The highest BCUT2D eigenvalue weighted by molar-refractivity contribution is 6.03. The van der Waals surface area contributed by atoms with Gasteiger partial charge in [0.25, 0.3) is 5.91 Å². The summed E-state index contributed by atoms with van der Waals surface area (Å²) in [4.78, 5) is 22.9. The monoisotopic (exact) mass is 317 g/mol. The highest BCUT2D eigenvalue weighted by Gasteiger charge is 2.20. The van der Waals surface area contributed by atoms with Crippen LogP contribution in [-0.4, -0.2) is 36.3 Å². The van der Waals surface area contributed by atoms with Crippen LogP contribution in [0.3, 0.4) is 0 Å². The van der Waals surface area contributed by atoms with Crippen molar-refractivity contribution in [3.05, 3.63) is 47.9 Å². The molecule has 1 fully saturated rings. The molecule has 0 aliphatic carbocycles. The summed E-state index contributed by atoms with van der Waals surface area (Å²) in [7, 11) is 0. The van der Waals surface area contributed by atoms with Gasteiger partial charge in [-0.1, -0.05) is 12.1 Å². The summed E-state index contributed by atoms with van der Waals surface area (Å²) in [6, 6.07) is 9.56. The van der Waals surface area contributed by atoms with E-state index in [0.717, 1.165) is 6.42 Å². The second-order valence-corrected chi connectivity index (χ2v) is 5.02. The van der Waals surface area contributed by atoms with Crippen LogP contribution in [0.1, 0.15) is 27.5 Å². The van der Waals surface area contributed by atoms with Gasteiger partial charge in [-0.15, -0.1) is 0 Å². The Labute approximate surface area is 131 Å². The molecular weight excluding hydrogens is 302 g/mol. The van der Waals surface area contributed by atoms with Gasteiger partial charge in [0.2, 0.25) is 5.76 Å². The number of hydrogen-bond donors (Lipinski definition) is 2. The maximum atomic E-state index is 12.2. The Balaban J connectivity index is 1.73. The lowest BCUT2D eigenvalue weighted by molar-refractivity contribution is 0.0660. The molecule has 0 saturated carbocycles. The number of benzene rings is 1. The summed E-state index contributed by atoms with van der Waals surface area (Å²) < 4.78 is 16.1. The maximum absolute atomic E-state index is 12.2. The molecule has 23 heavy (non-hydrogen) atoms. The van der Waals surface area contributed by atoms with Crippen LogP contribution in [0.25, 0.3) is 0 Å². The number of furan rings is 1. The molecule has 3 rings (SSSR count). The number of para-hydroxylation sites is 2. The fraction of sp³-hybridized carbons (Fsp3) is 0.250. The van der Waals surface area contributed by atoms with Crippen molar-refractivity contribution in [1.29, 1.82) is 0 Å². The van der Waals surface area contributed by atoms with Gasteiger partial charge < -0.3 is 24.3 Å². The lowest BCUT2D eigenvalue weighted by Gasteiger charge is -2.15. The van der Waals surface area contributed by atoms with Crippen LogP contribution in [0.4, 0.5) is 5.69 Å². The number of ether oxygens (including phenoxy) is 2. The molecule has 0 radical (unpaired) electrons. The Morgan fingerprint density at radius 3 is 2.65 bits per heavy atom. The Morgan fingerprint density at radius 2 is 1.96 bits per heavy atom. The summed E-state index contributed by atoms with van der Waals surface area (Å²) in [5, 5.41) is 11.5. The molecule has 120 valence electrons. The number of carbonyl (C=O) groups excluding carboxylic acids is 1. The predicted molar refractivity (Wildman–Crippen MR) is 79.9 cm³/mol. The van der Waals surface area contributed by atoms with Crippen LogP contribution < -0.4 is 10.1 Å². The predicted octanol–water partition coefficient (Wildman–Crippen LogP) is 2.40. The third kappa shape index (κ3) is 3.51. The number of amides is 1. The fourth-order valence-electron chi connectivity index (χ4n) is 2.22. The van der Waals surface area contributed by atoms with E-state index in [-0.39, 0.29) is 17.6 Å². The first-order valence-electron chi connectivity index (χ1n) is 7.11. The number of carboxylic acid groups (broad SMARTS) is 1. The van der Waals surface area contributed by atoms with Crippen molar-refractivity contribution in [1.82, 2.24) is 0 Å². The smallest absolute Gasteiger partial charge is 0.371 e. The van der Waals surface area contributed by atoms with Gasteiger partial charge in [0, 0.05) is 6.42 Å². The molecule has 0 bridgehead atoms. The van der Waals surface area contributed by atoms with Gasteiger partial charge in [-0.3, -0.25) is 4.79 Å². The first kappa shape index (κ1) is 15.1. The molecule has 0 spiro atoms. The van der Waals surface area contributed by atoms with Crippen molar-refractivity contribution >= 4 is 17.6 Å². The lowest BCUT2D eigenvalue weighted by Crippen LogP contribution is -2.18. The number of aromatic carboxylic acids is 1. The minimum Gasteiger partial charge on any atom is -0.486 e. The second kappa shape index (κ2) is 6.53. The number of carbonyl (C=O) groups is 2. The standard InChI is InChI=1S/C16H15NO6/c18-15(13-5-6-14(23-13)16(19)20)17-11-3-1-2-4-12(11)22-10-7-8-21-9-10/h1-6,10H,7-9H2,(H,17,18)(H,19,20). The zero-order valence-corrected chi connectivity index (χ0v) is 12.2. The van der Waals surface area contributed by atoms with Gasteiger partial charge in [-0.25, -0.2) is 4.79 Å². The average Bonchev–Trinajstić information content (AvgIpc) is 3.20. The SMILES string of the molecule is O=C(O)c1ccc(C(=O)Nc2ccccc2OC2CCOC2)o1. The van der Waals surface area contributed by atoms with E-state index in [2.05, 4.69) is 5.32 Å². The molecule has 1 saturated heterocycles. The molecule has 1 amide bonds. The van der Waals surface area contributed by atoms with Gasteiger partial charge in [-0.05, 0) is 24.3 Å². The van der Waals surface area contributed by atoms with Crippen molar-refractivity contribution in [3.63, 3.8) is 0 Å². The quantitative estimate of drug-likeness (QED) is 0.878. The Hall–Kier alpha value is -2.80. The number of anilines is 1. The molecule has 1 aromatic heterocycles. The molecule has 1 unspecified atom stereocenters. The van der Waals surface area contributed by atoms with Crippen LogP contribution in [0.5, 0.6) is 5.75 Å². The van der Waals surface area contributed by atoms with Crippen LogP contribution in [0, 0.1) is 0 Å². The molecular formula is C16H15NO6. The Kier molecular flexibility index (Phi) is 4.29. The maximum Gasteiger partial charge on any atom is 0.371 e. The summed E-state index contributed by atoms with van der Waals surface area (Å²) >= 11 is 0. The molecule has 1 aromatic carbocycles. The molecule has 1 aliphatic rings.